The maximum absolute atomic E-state index is 15.6. The first-order valence-corrected chi connectivity index (χ1v) is 21.6. The van der Waals surface area contributed by atoms with Crippen molar-refractivity contribution in [1.82, 2.24) is 45.6 Å². The number of hydrogen-bond donors (Lipinski definition) is 5. The molecule has 6 unspecified atom stereocenters. The zero-order valence-electron chi connectivity index (χ0n) is 35.0. The second-order valence-electron chi connectivity index (χ2n) is 16.9. The fourth-order valence-corrected chi connectivity index (χ4v) is 9.75. The van der Waals surface area contributed by atoms with Gasteiger partial charge in [-0.1, -0.05) is 32.6 Å². The highest BCUT2D eigenvalue weighted by molar-refractivity contribution is 5.93. The van der Waals surface area contributed by atoms with Crippen molar-refractivity contribution in [1.29, 1.82) is 0 Å². The molecule has 2 saturated heterocycles. The predicted molar refractivity (Wildman–Crippen MR) is 224 cm³/mol. The van der Waals surface area contributed by atoms with Crippen molar-refractivity contribution < 1.29 is 36.7 Å². The first-order valence-electron chi connectivity index (χ1n) is 21.6. The summed E-state index contributed by atoms with van der Waals surface area (Å²) in [4.78, 5) is 65.3. The minimum atomic E-state index is -1.34. The standard InChI is InChI=1S/C44H57F4N9O4/c1-4-8-34(51-38(58)20-49-2)43(60)55-22-28(47)15-30(55)19-33-32-13-11-26(45)17-35(32)52-41(33)42-53-36-18-27(46)12-14-37(36)57(42)24-31-16-29(48)23-56(31)44(61)40(54-39(59)21-50-3)25-9-6-5-7-10-25/h11-14,17-18,25,28-31,34,40,49-50,52H,4-10,15-16,19-24H2,1-3H3,(H,51,58)(H,54,59). The highest BCUT2D eigenvalue weighted by Crippen LogP contribution is 2.38. The van der Waals surface area contributed by atoms with Crippen LogP contribution in [0.15, 0.2) is 36.4 Å². The number of rotatable bonds is 16. The van der Waals surface area contributed by atoms with E-state index in [1.165, 1.54) is 34.1 Å². The molecule has 61 heavy (non-hydrogen) atoms. The van der Waals surface area contributed by atoms with Gasteiger partial charge in [-0.3, -0.25) is 19.2 Å². The van der Waals surface area contributed by atoms with E-state index in [0.29, 0.717) is 51.9 Å². The van der Waals surface area contributed by atoms with Crippen molar-refractivity contribution in [2.75, 3.05) is 40.3 Å². The Kier molecular flexibility index (Phi) is 14.0. The average molecular weight is 852 g/mol. The number of carbonyl (C=O) groups is 4. The number of fused-ring (bicyclic) bond motifs is 2. The van der Waals surface area contributed by atoms with Crippen molar-refractivity contribution in [3.8, 4) is 11.5 Å². The Morgan fingerprint density at radius 1 is 0.836 bits per heavy atom. The smallest absolute Gasteiger partial charge is 0.245 e. The highest BCUT2D eigenvalue weighted by atomic mass is 19.1. The summed E-state index contributed by atoms with van der Waals surface area (Å²) in [5, 5.41) is 12.0. The van der Waals surface area contributed by atoms with E-state index in [1.807, 2.05) is 11.5 Å². The Morgan fingerprint density at radius 3 is 2.16 bits per heavy atom. The zero-order valence-corrected chi connectivity index (χ0v) is 35.0. The molecule has 7 rings (SSSR count). The van der Waals surface area contributed by atoms with Crippen LogP contribution >= 0.6 is 0 Å². The number of imidazole rings is 1. The van der Waals surface area contributed by atoms with Crippen LogP contribution < -0.4 is 21.3 Å². The van der Waals surface area contributed by atoms with E-state index in [2.05, 4.69) is 26.3 Å². The van der Waals surface area contributed by atoms with E-state index >= 15 is 8.78 Å². The number of carbonyl (C=O) groups excluding carboxylic acids is 4. The van der Waals surface area contributed by atoms with E-state index < -0.39 is 54.1 Å². The van der Waals surface area contributed by atoms with Gasteiger partial charge in [-0.05, 0) is 81.6 Å². The minimum Gasteiger partial charge on any atom is -0.352 e. The molecule has 4 amide bonds. The third-order valence-electron chi connectivity index (χ3n) is 12.5. The van der Waals surface area contributed by atoms with Crippen molar-refractivity contribution in [3.05, 3.63) is 53.6 Å². The molecular formula is C44H57F4N9O4. The number of likely N-dealkylation sites (N-methyl/N-ethyl adjacent to an activating group) is 2. The largest absolute Gasteiger partial charge is 0.352 e. The Hall–Kier alpha value is -5.03. The summed E-state index contributed by atoms with van der Waals surface area (Å²) >= 11 is 0. The van der Waals surface area contributed by atoms with Crippen LogP contribution in [0.25, 0.3) is 33.5 Å². The van der Waals surface area contributed by atoms with Crippen molar-refractivity contribution in [2.24, 2.45) is 5.92 Å². The van der Waals surface area contributed by atoms with Crippen molar-refractivity contribution >= 4 is 45.6 Å². The molecule has 2 aromatic carbocycles. The van der Waals surface area contributed by atoms with Crippen LogP contribution in [0.5, 0.6) is 0 Å². The van der Waals surface area contributed by atoms with Gasteiger partial charge < -0.3 is 40.6 Å². The topological polar surface area (TPSA) is 156 Å². The van der Waals surface area contributed by atoms with Crippen LogP contribution in [0.1, 0.15) is 70.3 Å². The number of aromatic nitrogens is 3. The van der Waals surface area contributed by atoms with Gasteiger partial charge in [-0.15, -0.1) is 0 Å². The van der Waals surface area contributed by atoms with Gasteiger partial charge >= 0.3 is 0 Å². The normalized spacial score (nSPS) is 22.0. The molecule has 17 heteroatoms. The predicted octanol–water partition coefficient (Wildman–Crippen LogP) is 4.67. The SMILES string of the molecule is CCCC(NC(=O)CNC)C(=O)N1CC(F)CC1Cc1c(-c2nc3cc(F)ccc3n2CC2CC(F)CN2C(=O)C(NC(=O)CNC)C2CCCCC2)[nH]c2cc(F)ccc12. The van der Waals surface area contributed by atoms with Crippen molar-refractivity contribution in [3.63, 3.8) is 0 Å². The third-order valence-corrected chi connectivity index (χ3v) is 12.5. The first-order chi connectivity index (χ1) is 29.4. The third kappa shape index (κ3) is 9.72. The fraction of sp³-hybridized carbons (Fsp3) is 0.568. The molecule has 2 aliphatic heterocycles. The van der Waals surface area contributed by atoms with Crippen LogP contribution in [-0.2, 0) is 32.1 Å². The van der Waals surface area contributed by atoms with Crippen molar-refractivity contribution in [2.45, 2.75) is 114 Å². The molecule has 0 radical (unpaired) electrons. The number of H-pyrrole nitrogens is 1. The Bertz CT molecular complexity index is 2220. The van der Waals surface area contributed by atoms with Gasteiger partial charge in [0.05, 0.1) is 48.9 Å². The lowest BCUT2D eigenvalue weighted by Gasteiger charge is -2.35. The summed E-state index contributed by atoms with van der Waals surface area (Å²) in [5.74, 6) is -2.26. The molecule has 330 valence electrons. The lowest BCUT2D eigenvalue weighted by molar-refractivity contribution is -0.139. The average Bonchev–Trinajstić information content (AvgIpc) is 3.99. The first kappa shape index (κ1) is 44.0. The number of benzene rings is 2. The quantitative estimate of drug-likeness (QED) is 0.103. The van der Waals surface area contributed by atoms with Crippen LogP contribution in [0.3, 0.4) is 0 Å². The zero-order chi connectivity index (χ0) is 43.4. The Morgan fingerprint density at radius 2 is 1.48 bits per heavy atom. The van der Waals surface area contributed by atoms with E-state index in [0.717, 1.165) is 32.1 Å². The van der Waals surface area contributed by atoms with E-state index in [9.17, 15) is 28.0 Å². The van der Waals surface area contributed by atoms with E-state index in [1.54, 1.807) is 26.2 Å². The van der Waals surface area contributed by atoms with Gasteiger partial charge in [-0.25, -0.2) is 22.5 Å². The number of amides is 4. The Labute approximate surface area is 352 Å². The summed E-state index contributed by atoms with van der Waals surface area (Å²) in [7, 11) is 3.27. The molecule has 2 aromatic heterocycles. The lowest BCUT2D eigenvalue weighted by atomic mass is 9.83. The number of nitrogens with zero attached hydrogens (tertiary/aromatic N) is 4. The number of alkyl halides is 2. The lowest BCUT2D eigenvalue weighted by Crippen LogP contribution is -2.55. The molecule has 0 spiro atoms. The van der Waals surface area contributed by atoms with Gasteiger partial charge in [-0.2, -0.15) is 0 Å². The number of hydrogen-bond acceptors (Lipinski definition) is 7. The molecule has 6 atom stereocenters. The van der Waals surface area contributed by atoms with Gasteiger partial charge in [0.2, 0.25) is 23.6 Å². The molecule has 5 N–H and O–H groups in total. The second kappa shape index (κ2) is 19.3. The molecule has 13 nitrogen and oxygen atoms in total. The summed E-state index contributed by atoms with van der Waals surface area (Å²) in [6, 6.07) is 5.39. The van der Waals surface area contributed by atoms with Gasteiger partial charge in [0.1, 0.15) is 36.1 Å². The number of halogens is 4. The fourth-order valence-electron chi connectivity index (χ4n) is 9.75. The molecule has 1 aliphatic carbocycles. The monoisotopic (exact) mass is 851 g/mol. The summed E-state index contributed by atoms with van der Waals surface area (Å²) in [5.41, 5.74) is 2.25. The summed E-state index contributed by atoms with van der Waals surface area (Å²) < 4.78 is 62.5. The van der Waals surface area contributed by atoms with Crippen LogP contribution in [0, 0.1) is 17.6 Å². The molecule has 0 bridgehead atoms. The number of likely N-dealkylation sites (tertiary alicyclic amines) is 2. The molecular weight excluding hydrogens is 795 g/mol. The van der Waals surface area contributed by atoms with Gasteiger partial charge in [0.15, 0.2) is 5.82 Å². The van der Waals surface area contributed by atoms with E-state index in [4.69, 9.17) is 4.98 Å². The second-order valence-corrected chi connectivity index (χ2v) is 16.9. The summed E-state index contributed by atoms with van der Waals surface area (Å²) in [6.45, 7) is 1.66. The number of aromatic amines is 1. The molecule has 4 aromatic rings. The highest BCUT2D eigenvalue weighted by Gasteiger charge is 2.43. The van der Waals surface area contributed by atoms with Crippen LogP contribution in [0.4, 0.5) is 17.6 Å². The minimum absolute atomic E-state index is 0.00984. The maximum Gasteiger partial charge on any atom is 0.245 e. The van der Waals surface area contributed by atoms with Crippen LogP contribution in [-0.4, -0.2) is 125 Å². The van der Waals surface area contributed by atoms with Gasteiger partial charge in [0.25, 0.3) is 0 Å². The summed E-state index contributed by atoms with van der Waals surface area (Å²) in [6.07, 6.45) is 2.86. The molecule has 3 aliphatic rings. The van der Waals surface area contributed by atoms with E-state index in [-0.39, 0.29) is 75.6 Å². The molecule has 4 heterocycles. The van der Waals surface area contributed by atoms with Gasteiger partial charge in [0, 0.05) is 42.4 Å². The van der Waals surface area contributed by atoms with Crippen LogP contribution in [0.2, 0.25) is 0 Å². The maximum atomic E-state index is 15.6. The molecule has 1 saturated carbocycles. The number of nitrogens with one attached hydrogen (secondary N) is 5. The Balaban J connectivity index is 1.27. The molecule has 3 fully saturated rings.